The summed E-state index contributed by atoms with van der Waals surface area (Å²) in [6, 6.07) is 5.78. The van der Waals surface area contributed by atoms with E-state index in [1.807, 2.05) is 0 Å². The zero-order chi connectivity index (χ0) is 24.5. The topological polar surface area (TPSA) is 114 Å². The summed E-state index contributed by atoms with van der Waals surface area (Å²) < 4.78 is 43.9. The van der Waals surface area contributed by atoms with Crippen molar-refractivity contribution in [2.24, 2.45) is 0 Å². The van der Waals surface area contributed by atoms with Crippen molar-refractivity contribution in [2.45, 2.75) is 13.1 Å². The first-order chi connectivity index (χ1) is 15.4. The summed E-state index contributed by atoms with van der Waals surface area (Å²) in [4.78, 5) is 22.9. The van der Waals surface area contributed by atoms with Crippen LogP contribution in [0.3, 0.4) is 0 Å². The number of carbonyl (C=O) groups excluding carboxylic acids is 1. The number of carbonyl (C=O) groups is 1. The maximum atomic E-state index is 12.9. The third-order valence-electron chi connectivity index (χ3n) is 4.43. The van der Waals surface area contributed by atoms with E-state index in [-0.39, 0.29) is 32.9 Å². The van der Waals surface area contributed by atoms with Crippen molar-refractivity contribution in [2.75, 3.05) is 17.4 Å². The molecule has 0 aliphatic rings. The van der Waals surface area contributed by atoms with Gasteiger partial charge in [0.05, 0.1) is 20.5 Å². The summed E-state index contributed by atoms with van der Waals surface area (Å²) >= 11 is 12.4. The van der Waals surface area contributed by atoms with Gasteiger partial charge in [0.2, 0.25) is 0 Å². The van der Waals surface area contributed by atoms with Crippen LogP contribution in [0, 0.1) is 17.0 Å². The number of rotatable bonds is 5. The standard InChI is InChI=1S/C19H14Cl2F3N5O4/c1-9-16(17(27-33-9)15-11(20)4-3-5-12(15)21)25-18(30)26-28(2)13-7-6-10(19(22,23)24)8-14(13)29(31)32/h3-8H,1-2H3,(H2,25,26,30). The average molecular weight is 504 g/mol. The van der Waals surface area contributed by atoms with E-state index in [0.717, 1.165) is 11.1 Å². The number of benzene rings is 2. The van der Waals surface area contributed by atoms with Gasteiger partial charge in [-0.2, -0.15) is 13.2 Å². The summed E-state index contributed by atoms with van der Waals surface area (Å²) in [7, 11) is 1.22. The molecule has 1 heterocycles. The lowest BCUT2D eigenvalue weighted by atomic mass is 10.1. The quantitative estimate of drug-likeness (QED) is 0.323. The molecule has 2 aromatic carbocycles. The number of nitrogens with zero attached hydrogens (tertiary/aromatic N) is 3. The average Bonchev–Trinajstić information content (AvgIpc) is 3.06. The van der Waals surface area contributed by atoms with Gasteiger partial charge in [-0.05, 0) is 31.2 Å². The lowest BCUT2D eigenvalue weighted by Gasteiger charge is -2.21. The van der Waals surface area contributed by atoms with Gasteiger partial charge in [0.15, 0.2) is 5.76 Å². The molecule has 1 aromatic heterocycles. The number of aromatic nitrogens is 1. The van der Waals surface area contributed by atoms with Crippen LogP contribution in [0.5, 0.6) is 0 Å². The molecule has 9 nitrogen and oxygen atoms in total. The number of nitro groups is 1. The number of hydrogen-bond acceptors (Lipinski definition) is 6. The van der Waals surface area contributed by atoms with E-state index in [4.69, 9.17) is 27.7 Å². The molecule has 0 fully saturated rings. The van der Waals surface area contributed by atoms with Crippen LogP contribution in [0.25, 0.3) is 11.3 Å². The SMILES string of the molecule is Cc1onc(-c2c(Cl)cccc2Cl)c1NC(=O)NN(C)c1ccc(C(F)(F)F)cc1[N+](=O)[O-]. The maximum Gasteiger partial charge on any atom is 0.416 e. The van der Waals surface area contributed by atoms with Gasteiger partial charge in [-0.1, -0.05) is 34.4 Å². The largest absolute Gasteiger partial charge is 0.416 e. The number of hydrogen-bond donors (Lipinski definition) is 2. The second-order valence-corrected chi connectivity index (χ2v) is 7.46. The lowest BCUT2D eigenvalue weighted by molar-refractivity contribution is -0.384. The molecule has 33 heavy (non-hydrogen) atoms. The van der Waals surface area contributed by atoms with E-state index in [1.165, 1.54) is 14.0 Å². The lowest BCUT2D eigenvalue weighted by Crippen LogP contribution is -2.42. The van der Waals surface area contributed by atoms with E-state index < -0.39 is 28.4 Å². The Hall–Kier alpha value is -3.51. The Morgan fingerprint density at radius 2 is 1.85 bits per heavy atom. The van der Waals surface area contributed by atoms with Gasteiger partial charge in [-0.15, -0.1) is 0 Å². The molecule has 0 saturated heterocycles. The van der Waals surface area contributed by atoms with Crippen molar-refractivity contribution in [3.8, 4) is 11.3 Å². The molecule has 0 spiro atoms. The molecule has 0 unspecified atom stereocenters. The highest BCUT2D eigenvalue weighted by molar-refractivity contribution is 6.39. The molecule has 0 aliphatic carbocycles. The van der Waals surface area contributed by atoms with Crippen LogP contribution in [0.15, 0.2) is 40.9 Å². The van der Waals surface area contributed by atoms with Gasteiger partial charge in [-0.25, -0.2) is 10.2 Å². The number of nitro benzene ring substituents is 1. The van der Waals surface area contributed by atoms with E-state index in [2.05, 4.69) is 15.9 Å². The van der Waals surface area contributed by atoms with Gasteiger partial charge < -0.3 is 9.84 Å². The molecule has 0 radical (unpaired) electrons. The van der Waals surface area contributed by atoms with Crippen molar-refractivity contribution in [1.29, 1.82) is 0 Å². The number of halogens is 5. The zero-order valence-electron chi connectivity index (χ0n) is 16.8. The van der Waals surface area contributed by atoms with Crippen LogP contribution >= 0.6 is 23.2 Å². The molecular formula is C19H14Cl2F3N5O4. The Morgan fingerprint density at radius 1 is 1.21 bits per heavy atom. The third-order valence-corrected chi connectivity index (χ3v) is 5.06. The van der Waals surface area contributed by atoms with Gasteiger partial charge >= 0.3 is 12.2 Å². The molecule has 14 heteroatoms. The number of amides is 2. The second-order valence-electron chi connectivity index (χ2n) is 6.64. The minimum absolute atomic E-state index is 0.123. The van der Waals surface area contributed by atoms with Crippen molar-refractivity contribution < 1.29 is 27.4 Å². The van der Waals surface area contributed by atoms with E-state index >= 15 is 0 Å². The molecule has 3 aromatic rings. The minimum atomic E-state index is -4.77. The van der Waals surface area contributed by atoms with Crippen LogP contribution in [0.4, 0.5) is 35.0 Å². The summed E-state index contributed by atoms with van der Waals surface area (Å²) in [5, 5.41) is 19.0. The molecule has 0 bridgehead atoms. The first-order valence-electron chi connectivity index (χ1n) is 8.97. The predicted octanol–water partition coefficient (Wildman–Crippen LogP) is 6.06. The third kappa shape index (κ3) is 5.12. The Morgan fingerprint density at radius 3 is 2.42 bits per heavy atom. The van der Waals surface area contributed by atoms with Crippen molar-refractivity contribution in [3.05, 3.63) is 67.9 Å². The van der Waals surface area contributed by atoms with E-state index in [0.29, 0.717) is 17.7 Å². The molecule has 3 rings (SSSR count). The maximum absolute atomic E-state index is 12.9. The van der Waals surface area contributed by atoms with Crippen LogP contribution in [0.1, 0.15) is 11.3 Å². The van der Waals surface area contributed by atoms with Gasteiger partial charge in [0.25, 0.3) is 5.69 Å². The van der Waals surface area contributed by atoms with Gasteiger partial charge in [0, 0.05) is 18.7 Å². The number of anilines is 2. The van der Waals surface area contributed by atoms with Crippen LogP contribution in [0.2, 0.25) is 10.0 Å². The second kappa shape index (κ2) is 9.16. The Labute approximate surface area is 194 Å². The minimum Gasteiger partial charge on any atom is -0.359 e. The summed E-state index contributed by atoms with van der Waals surface area (Å²) in [6.07, 6.45) is -4.77. The molecule has 174 valence electrons. The molecule has 2 N–H and O–H groups in total. The smallest absolute Gasteiger partial charge is 0.359 e. The fraction of sp³-hybridized carbons (Fsp3) is 0.158. The molecule has 0 aliphatic heterocycles. The molecule has 2 amide bonds. The summed E-state index contributed by atoms with van der Waals surface area (Å²) in [6.45, 7) is 1.52. The highest BCUT2D eigenvalue weighted by Crippen LogP contribution is 2.39. The monoisotopic (exact) mass is 503 g/mol. The van der Waals surface area contributed by atoms with E-state index in [1.54, 1.807) is 18.2 Å². The van der Waals surface area contributed by atoms with Crippen molar-refractivity contribution >= 4 is 46.3 Å². The van der Waals surface area contributed by atoms with Gasteiger partial charge in [-0.3, -0.25) is 15.1 Å². The Bertz CT molecular complexity index is 1210. The molecular weight excluding hydrogens is 490 g/mol. The number of aryl methyl sites for hydroxylation is 1. The number of nitrogens with one attached hydrogen (secondary N) is 2. The first-order valence-corrected chi connectivity index (χ1v) is 9.73. The molecule has 0 atom stereocenters. The number of hydrazine groups is 1. The van der Waals surface area contributed by atoms with Crippen LogP contribution < -0.4 is 15.8 Å². The van der Waals surface area contributed by atoms with Crippen LogP contribution in [-0.2, 0) is 6.18 Å². The fourth-order valence-corrected chi connectivity index (χ4v) is 3.47. The highest BCUT2D eigenvalue weighted by Gasteiger charge is 2.33. The molecule has 0 saturated carbocycles. The normalized spacial score (nSPS) is 11.2. The fourth-order valence-electron chi connectivity index (χ4n) is 2.90. The summed E-state index contributed by atoms with van der Waals surface area (Å²) in [5.74, 6) is 0.208. The Kier molecular flexibility index (Phi) is 6.70. The van der Waals surface area contributed by atoms with Gasteiger partial charge in [0.1, 0.15) is 17.1 Å². The highest BCUT2D eigenvalue weighted by atomic mass is 35.5. The van der Waals surface area contributed by atoms with E-state index in [9.17, 15) is 28.1 Å². The number of urea groups is 1. The zero-order valence-corrected chi connectivity index (χ0v) is 18.3. The number of alkyl halides is 3. The predicted molar refractivity (Wildman–Crippen MR) is 115 cm³/mol. The summed E-state index contributed by atoms with van der Waals surface area (Å²) in [5.41, 5.74) is 0.529. The first kappa shape index (κ1) is 24.1. The van der Waals surface area contributed by atoms with Crippen molar-refractivity contribution in [1.82, 2.24) is 10.6 Å². The van der Waals surface area contributed by atoms with Crippen LogP contribution in [-0.4, -0.2) is 23.2 Å². The van der Waals surface area contributed by atoms with Crippen molar-refractivity contribution in [3.63, 3.8) is 0 Å². The Balaban J connectivity index is 1.86.